The number of hydrogen-bond donors (Lipinski definition) is 1. The van der Waals surface area contributed by atoms with Crippen molar-refractivity contribution in [3.63, 3.8) is 0 Å². The van der Waals surface area contributed by atoms with Crippen LogP contribution >= 0.6 is 11.6 Å². The Hall–Kier alpha value is -2.48. The van der Waals surface area contributed by atoms with E-state index in [1.807, 2.05) is 0 Å². The number of hydrogen-bond acceptors (Lipinski definition) is 2. The molecule has 0 spiro atoms. The quantitative estimate of drug-likeness (QED) is 0.661. The second-order valence-electron chi connectivity index (χ2n) is 4.82. The number of ether oxygens (including phenoxy) is 1. The lowest BCUT2D eigenvalue weighted by Gasteiger charge is -2.18. The third-order valence-electron chi connectivity index (χ3n) is 3.10. The summed E-state index contributed by atoms with van der Waals surface area (Å²) in [6.07, 6.45) is -11.0. The van der Waals surface area contributed by atoms with Gasteiger partial charge in [0.2, 0.25) is 0 Å². The van der Waals surface area contributed by atoms with Crippen LogP contribution in [0, 0.1) is 11.3 Å². The van der Waals surface area contributed by atoms with Crippen molar-refractivity contribution in [3.05, 3.63) is 40.5 Å². The molecule has 2 aromatic rings. The van der Waals surface area contributed by atoms with Gasteiger partial charge in [0.05, 0.1) is 16.3 Å². The van der Waals surface area contributed by atoms with Crippen LogP contribution in [0.2, 0.25) is 5.02 Å². The van der Waals surface area contributed by atoms with E-state index in [9.17, 15) is 35.1 Å². The number of alkyl halides is 8. The summed E-state index contributed by atoms with van der Waals surface area (Å²) in [6, 6.07) is 4.83. The van der Waals surface area contributed by atoms with Gasteiger partial charge in [0.1, 0.15) is 17.5 Å². The summed E-state index contributed by atoms with van der Waals surface area (Å²) in [5, 5.41) is 7.86. The fourth-order valence-electron chi connectivity index (χ4n) is 1.98. The van der Waals surface area contributed by atoms with Crippen molar-refractivity contribution in [2.45, 2.75) is 18.5 Å². The van der Waals surface area contributed by atoms with E-state index in [2.05, 4.69) is 4.74 Å². The first-order valence-corrected chi connectivity index (χ1v) is 6.78. The van der Waals surface area contributed by atoms with Gasteiger partial charge in [0.15, 0.2) is 0 Å². The molecule has 0 amide bonds. The normalized spacial score (nSPS) is 12.8. The Kier molecular flexibility index (Phi) is 4.85. The number of halogens is 9. The van der Waals surface area contributed by atoms with Crippen LogP contribution in [0.1, 0.15) is 11.3 Å². The highest BCUT2D eigenvalue weighted by molar-refractivity contribution is 6.33. The number of benzene rings is 1. The maximum Gasteiger partial charge on any atom is 0.573 e. The molecule has 0 saturated carbocycles. The predicted octanol–water partition coefficient (Wildman–Crippen LogP) is 5.76. The summed E-state index contributed by atoms with van der Waals surface area (Å²) in [6.45, 7) is 0. The molecule has 0 fully saturated rings. The minimum atomic E-state index is -5.98. The van der Waals surface area contributed by atoms with Gasteiger partial charge in [-0.15, -0.1) is 13.2 Å². The van der Waals surface area contributed by atoms with Crippen molar-refractivity contribution in [1.82, 2.24) is 4.98 Å². The minimum Gasteiger partial charge on any atom is -0.406 e. The zero-order valence-corrected chi connectivity index (χ0v) is 12.8. The average Bonchev–Trinajstić information content (AvgIpc) is 2.82. The Labute approximate surface area is 144 Å². The zero-order chi connectivity index (χ0) is 19.9. The molecule has 0 unspecified atom stereocenters. The van der Waals surface area contributed by atoms with Crippen LogP contribution in [0.5, 0.6) is 5.75 Å². The number of nitrogens with one attached hydrogen (secondary N) is 1. The van der Waals surface area contributed by atoms with Crippen LogP contribution in [0.15, 0.2) is 24.3 Å². The predicted molar refractivity (Wildman–Crippen MR) is 72.6 cm³/mol. The standard InChI is InChI=1S/C14H5ClF8N2O/c15-9-8(5-24)10(25-11(9)12(16,17)13(18,19)20)6-1-3-7(4-2-6)26-14(21,22)23/h1-4,25H. The molecule has 0 aliphatic rings. The summed E-state index contributed by atoms with van der Waals surface area (Å²) in [4.78, 5) is 1.74. The lowest BCUT2D eigenvalue weighted by molar-refractivity contribution is -0.290. The van der Waals surface area contributed by atoms with Crippen LogP contribution in [-0.4, -0.2) is 17.5 Å². The smallest absolute Gasteiger partial charge is 0.406 e. The molecule has 1 heterocycles. The van der Waals surface area contributed by atoms with Gasteiger partial charge in [0.25, 0.3) is 0 Å². The van der Waals surface area contributed by atoms with Gasteiger partial charge in [-0.1, -0.05) is 11.6 Å². The van der Waals surface area contributed by atoms with Gasteiger partial charge in [-0.25, -0.2) is 0 Å². The summed E-state index contributed by atoms with van der Waals surface area (Å²) < 4.78 is 105. The molecule has 0 aliphatic heterocycles. The molecule has 0 aliphatic carbocycles. The van der Waals surface area contributed by atoms with Crippen LogP contribution in [0.4, 0.5) is 35.1 Å². The Morgan fingerprint density at radius 2 is 1.50 bits per heavy atom. The molecule has 1 aromatic heterocycles. The lowest BCUT2D eigenvalue weighted by atomic mass is 10.1. The number of aromatic nitrogens is 1. The first kappa shape index (κ1) is 19.8. The van der Waals surface area contributed by atoms with Gasteiger partial charge >= 0.3 is 18.5 Å². The monoisotopic (exact) mass is 404 g/mol. The van der Waals surface area contributed by atoms with Crippen LogP contribution in [0.3, 0.4) is 0 Å². The molecule has 3 nitrogen and oxygen atoms in total. The number of rotatable bonds is 3. The third-order valence-corrected chi connectivity index (χ3v) is 3.48. The summed E-state index contributed by atoms with van der Waals surface area (Å²) in [5.41, 5.74) is -3.11. The molecular weight excluding hydrogens is 400 g/mol. The molecule has 1 aromatic carbocycles. The molecule has 0 bridgehead atoms. The average molecular weight is 405 g/mol. The second-order valence-corrected chi connectivity index (χ2v) is 5.20. The maximum atomic E-state index is 13.5. The first-order chi connectivity index (χ1) is 11.8. The number of nitrogens with zero attached hydrogens (tertiary/aromatic N) is 1. The summed E-state index contributed by atoms with van der Waals surface area (Å²) in [5.74, 6) is -6.02. The summed E-state index contributed by atoms with van der Waals surface area (Å²) >= 11 is 5.48. The van der Waals surface area contributed by atoms with Gasteiger partial charge in [-0.2, -0.15) is 27.2 Å². The molecule has 140 valence electrons. The fourth-order valence-corrected chi connectivity index (χ4v) is 2.28. The number of aromatic amines is 1. The Morgan fingerprint density at radius 3 is 1.92 bits per heavy atom. The fraction of sp³-hybridized carbons (Fsp3) is 0.214. The molecule has 12 heteroatoms. The topological polar surface area (TPSA) is 48.8 Å². The van der Waals surface area contributed by atoms with Crippen LogP contribution in [-0.2, 0) is 5.92 Å². The maximum absolute atomic E-state index is 13.5. The van der Waals surface area contributed by atoms with Crippen molar-refractivity contribution in [1.29, 1.82) is 5.26 Å². The van der Waals surface area contributed by atoms with E-state index < -0.39 is 46.2 Å². The van der Waals surface area contributed by atoms with E-state index >= 15 is 0 Å². The van der Waals surface area contributed by atoms with E-state index in [-0.39, 0.29) is 5.56 Å². The highest BCUT2D eigenvalue weighted by Gasteiger charge is 2.61. The lowest BCUT2D eigenvalue weighted by Crippen LogP contribution is -2.34. The molecule has 2 rings (SSSR count). The van der Waals surface area contributed by atoms with Gasteiger partial charge < -0.3 is 9.72 Å². The van der Waals surface area contributed by atoms with Crippen molar-refractivity contribution in [2.75, 3.05) is 0 Å². The van der Waals surface area contributed by atoms with Crippen molar-refractivity contribution in [2.24, 2.45) is 0 Å². The highest BCUT2D eigenvalue weighted by Crippen LogP contribution is 2.48. The molecular formula is C14H5ClF8N2O. The molecule has 0 radical (unpaired) electrons. The van der Waals surface area contributed by atoms with Gasteiger partial charge in [-0.05, 0) is 29.8 Å². The molecule has 0 saturated heterocycles. The molecule has 26 heavy (non-hydrogen) atoms. The van der Waals surface area contributed by atoms with Crippen molar-refractivity contribution in [3.8, 4) is 23.1 Å². The van der Waals surface area contributed by atoms with Gasteiger partial charge in [-0.3, -0.25) is 0 Å². The Balaban J connectivity index is 2.52. The van der Waals surface area contributed by atoms with E-state index in [0.29, 0.717) is 0 Å². The number of nitriles is 1. The van der Waals surface area contributed by atoms with E-state index in [1.54, 1.807) is 4.98 Å². The van der Waals surface area contributed by atoms with Gasteiger partial charge in [0, 0.05) is 0 Å². The van der Waals surface area contributed by atoms with Crippen LogP contribution in [0.25, 0.3) is 11.3 Å². The Bertz CT molecular complexity index is 846. The highest BCUT2D eigenvalue weighted by atomic mass is 35.5. The molecule has 1 N–H and O–H groups in total. The minimum absolute atomic E-state index is 0.151. The molecule has 0 atom stereocenters. The third kappa shape index (κ3) is 3.70. The summed E-state index contributed by atoms with van der Waals surface area (Å²) in [7, 11) is 0. The zero-order valence-electron chi connectivity index (χ0n) is 12.1. The van der Waals surface area contributed by atoms with E-state index in [1.165, 1.54) is 6.07 Å². The Morgan fingerprint density at radius 1 is 0.962 bits per heavy atom. The second kappa shape index (κ2) is 6.35. The van der Waals surface area contributed by atoms with E-state index in [0.717, 1.165) is 24.3 Å². The number of H-pyrrole nitrogens is 1. The van der Waals surface area contributed by atoms with Crippen molar-refractivity contribution < 1.29 is 39.9 Å². The largest absolute Gasteiger partial charge is 0.573 e. The van der Waals surface area contributed by atoms with E-state index in [4.69, 9.17) is 16.9 Å². The first-order valence-electron chi connectivity index (χ1n) is 6.40. The van der Waals surface area contributed by atoms with Crippen molar-refractivity contribution >= 4 is 11.6 Å². The van der Waals surface area contributed by atoms with Crippen LogP contribution < -0.4 is 4.74 Å². The SMILES string of the molecule is N#Cc1c(-c2ccc(OC(F)(F)F)cc2)[nH]c(C(F)(F)C(F)(F)F)c1Cl.